The van der Waals surface area contributed by atoms with E-state index >= 15 is 0 Å². The van der Waals surface area contributed by atoms with E-state index in [0.29, 0.717) is 11.4 Å². The van der Waals surface area contributed by atoms with Crippen molar-refractivity contribution in [3.05, 3.63) is 72.1 Å². The third kappa shape index (κ3) is 3.93. The Balaban J connectivity index is 1.95. The molecule has 0 saturated heterocycles. The summed E-state index contributed by atoms with van der Waals surface area (Å²) in [6.45, 7) is 1.96. The minimum absolute atomic E-state index is 0.259. The van der Waals surface area contributed by atoms with Gasteiger partial charge in [0.1, 0.15) is 22.3 Å². The second-order valence-electron chi connectivity index (χ2n) is 6.67. The predicted molar refractivity (Wildman–Crippen MR) is 121 cm³/mol. The lowest BCUT2D eigenvalue weighted by Crippen LogP contribution is -2.17. The maximum Gasteiger partial charge on any atom is 0.319 e. The summed E-state index contributed by atoms with van der Waals surface area (Å²) in [7, 11) is 1.41. The maximum absolute atomic E-state index is 12.2. The highest BCUT2D eigenvalue weighted by Gasteiger charge is 2.24. The van der Waals surface area contributed by atoms with Gasteiger partial charge < -0.3 is 9.30 Å². The van der Waals surface area contributed by atoms with E-state index in [4.69, 9.17) is 16.3 Å². The number of ether oxygens (including phenoxy) is 1. The minimum Gasteiger partial charge on any atom is -0.468 e. The van der Waals surface area contributed by atoms with Crippen LogP contribution in [0.5, 0.6) is 0 Å². The van der Waals surface area contributed by atoms with Crippen molar-refractivity contribution in [1.82, 2.24) is 14.5 Å². The van der Waals surface area contributed by atoms with Crippen molar-refractivity contribution < 1.29 is 9.53 Å². The molecule has 0 radical (unpaired) electrons. The van der Waals surface area contributed by atoms with Crippen molar-refractivity contribution in [2.24, 2.45) is 0 Å². The zero-order valence-corrected chi connectivity index (χ0v) is 18.2. The second kappa shape index (κ2) is 8.90. The molecule has 0 aliphatic rings. The molecule has 0 bridgehead atoms. The number of hydrogen-bond acceptors (Lipinski definition) is 5. The van der Waals surface area contributed by atoms with Gasteiger partial charge in [-0.15, -0.1) is 0 Å². The van der Waals surface area contributed by atoms with Crippen LogP contribution in [-0.4, -0.2) is 32.9 Å². The normalized spacial score (nSPS) is 12.1. The van der Waals surface area contributed by atoms with Crippen LogP contribution in [0, 0.1) is 0 Å². The van der Waals surface area contributed by atoms with Crippen LogP contribution in [0.1, 0.15) is 13.3 Å². The van der Waals surface area contributed by atoms with Gasteiger partial charge in [-0.2, -0.15) is 0 Å². The quantitative estimate of drug-likeness (QED) is 0.217. The summed E-state index contributed by atoms with van der Waals surface area (Å²) < 4.78 is 6.98. The largest absolute Gasteiger partial charge is 0.468 e. The van der Waals surface area contributed by atoms with E-state index in [2.05, 4.69) is 22.1 Å². The molecule has 0 N–H and O–H groups in total. The topological polar surface area (TPSA) is 57.0 Å². The van der Waals surface area contributed by atoms with Crippen LogP contribution in [0.3, 0.4) is 0 Å². The van der Waals surface area contributed by atoms with Crippen LogP contribution >= 0.6 is 23.4 Å². The molecule has 152 valence electrons. The number of rotatable bonds is 6. The number of esters is 1. The van der Waals surface area contributed by atoms with Crippen molar-refractivity contribution in [2.45, 2.75) is 23.6 Å². The summed E-state index contributed by atoms with van der Waals surface area (Å²) in [4.78, 5) is 21.3. The van der Waals surface area contributed by atoms with E-state index in [1.54, 1.807) is 0 Å². The van der Waals surface area contributed by atoms with Crippen LogP contribution in [0.4, 0.5) is 0 Å². The summed E-state index contributed by atoms with van der Waals surface area (Å²) in [6, 6.07) is 17.7. The Morgan fingerprint density at radius 3 is 2.67 bits per heavy atom. The van der Waals surface area contributed by atoms with Gasteiger partial charge in [-0.3, -0.25) is 4.79 Å². The van der Waals surface area contributed by atoms with Crippen LogP contribution < -0.4 is 0 Å². The molecule has 1 atom stereocenters. The average molecular weight is 438 g/mol. The molecule has 2 aromatic heterocycles. The zero-order chi connectivity index (χ0) is 21.1. The predicted octanol–water partition coefficient (Wildman–Crippen LogP) is 5.78. The van der Waals surface area contributed by atoms with Crippen molar-refractivity contribution in [3.63, 3.8) is 0 Å². The second-order valence-corrected chi connectivity index (χ2v) is 8.30. The van der Waals surface area contributed by atoms with Crippen molar-refractivity contribution in [1.29, 1.82) is 0 Å². The molecule has 0 unspecified atom stereocenters. The molecule has 0 amide bonds. The van der Waals surface area contributed by atoms with Gasteiger partial charge in [-0.25, -0.2) is 9.97 Å². The molecule has 7 heteroatoms. The molecule has 0 aliphatic heterocycles. The summed E-state index contributed by atoms with van der Waals surface area (Å²) in [5.41, 5.74) is 3.71. The molecule has 0 spiro atoms. The molecule has 30 heavy (non-hydrogen) atoms. The number of carbonyl (C=O) groups excluding carboxylic acids is 1. The Bertz CT molecular complexity index is 1190. The Morgan fingerprint density at radius 2 is 1.97 bits per heavy atom. The molecule has 0 fully saturated rings. The van der Waals surface area contributed by atoms with Gasteiger partial charge in [0.2, 0.25) is 0 Å². The molecular formula is C23H20ClN3O2S. The fourth-order valence-electron chi connectivity index (χ4n) is 3.35. The van der Waals surface area contributed by atoms with E-state index in [1.807, 2.05) is 60.2 Å². The SMILES string of the molecule is CC[C@H](Sc1ncnc2c1c(-c1ccccc1)cn2-c1cccc(Cl)c1)C(=O)OC. The number of methoxy groups -OCH3 is 1. The van der Waals surface area contributed by atoms with E-state index < -0.39 is 0 Å². The fraction of sp³-hybridized carbons (Fsp3) is 0.174. The number of carbonyl (C=O) groups is 1. The number of halogens is 1. The highest BCUT2D eigenvalue weighted by atomic mass is 35.5. The summed E-state index contributed by atoms with van der Waals surface area (Å²) in [6.07, 6.45) is 4.21. The van der Waals surface area contributed by atoms with Crippen LogP contribution in [-0.2, 0) is 9.53 Å². The fourth-order valence-corrected chi connectivity index (χ4v) is 4.59. The minimum atomic E-state index is -0.341. The van der Waals surface area contributed by atoms with Gasteiger partial charge in [-0.1, -0.05) is 66.7 Å². The van der Waals surface area contributed by atoms with Gasteiger partial charge in [0, 0.05) is 22.5 Å². The summed E-state index contributed by atoms with van der Waals surface area (Å²) in [5.74, 6) is -0.259. The first-order valence-corrected chi connectivity index (χ1v) is 10.8. The van der Waals surface area contributed by atoms with Crippen LogP contribution in [0.15, 0.2) is 72.1 Å². The van der Waals surface area contributed by atoms with Gasteiger partial charge in [0.05, 0.1) is 12.5 Å². The van der Waals surface area contributed by atoms with Gasteiger partial charge in [0.25, 0.3) is 0 Å². The Hall–Kier alpha value is -2.83. The van der Waals surface area contributed by atoms with Gasteiger partial charge in [-0.05, 0) is 30.2 Å². The first-order valence-electron chi connectivity index (χ1n) is 9.54. The Kier molecular flexibility index (Phi) is 6.06. The van der Waals surface area contributed by atoms with E-state index in [0.717, 1.165) is 32.9 Å². The molecule has 0 saturated carbocycles. The summed E-state index contributed by atoms with van der Waals surface area (Å²) in [5, 5.41) is 1.95. The first-order chi connectivity index (χ1) is 14.6. The summed E-state index contributed by atoms with van der Waals surface area (Å²) >= 11 is 7.64. The van der Waals surface area contributed by atoms with Crippen molar-refractivity contribution >= 4 is 40.4 Å². The van der Waals surface area contributed by atoms with Gasteiger partial charge >= 0.3 is 5.97 Å². The Morgan fingerprint density at radius 1 is 1.17 bits per heavy atom. The molecule has 4 rings (SSSR count). The molecule has 4 aromatic rings. The molecule has 0 aliphatic carbocycles. The first kappa shape index (κ1) is 20.4. The third-order valence-corrected chi connectivity index (χ3v) is 6.39. The van der Waals surface area contributed by atoms with Crippen LogP contribution in [0.2, 0.25) is 5.02 Å². The average Bonchev–Trinajstić information content (AvgIpc) is 3.18. The third-order valence-electron chi connectivity index (χ3n) is 4.81. The van der Waals surface area contributed by atoms with Crippen molar-refractivity contribution in [3.8, 4) is 16.8 Å². The maximum atomic E-state index is 12.2. The van der Waals surface area contributed by atoms with Crippen LogP contribution in [0.25, 0.3) is 27.8 Å². The smallest absolute Gasteiger partial charge is 0.319 e. The number of hydrogen-bond donors (Lipinski definition) is 0. The van der Waals surface area contributed by atoms with E-state index in [1.165, 1.54) is 25.2 Å². The number of benzene rings is 2. The number of thioether (sulfide) groups is 1. The standard InChI is InChI=1S/C23H20ClN3O2S/c1-3-19(23(28)29-2)30-22-20-18(15-8-5-4-6-9-15)13-27(21(20)25-14-26-22)17-11-7-10-16(24)12-17/h4-14,19H,3H2,1-2H3/t19-/m0/s1. The number of nitrogens with zero attached hydrogens (tertiary/aromatic N) is 3. The zero-order valence-electron chi connectivity index (χ0n) is 16.6. The van der Waals surface area contributed by atoms with E-state index in [-0.39, 0.29) is 11.2 Å². The number of fused-ring (bicyclic) bond motifs is 1. The monoisotopic (exact) mass is 437 g/mol. The highest BCUT2D eigenvalue weighted by molar-refractivity contribution is 8.00. The highest BCUT2D eigenvalue weighted by Crippen LogP contribution is 2.38. The lowest BCUT2D eigenvalue weighted by Gasteiger charge is -2.12. The van der Waals surface area contributed by atoms with E-state index in [9.17, 15) is 4.79 Å². The lowest BCUT2D eigenvalue weighted by atomic mass is 10.1. The number of aromatic nitrogens is 3. The molecule has 5 nitrogen and oxygen atoms in total. The molecular weight excluding hydrogens is 418 g/mol. The molecule has 2 aromatic carbocycles. The van der Waals surface area contributed by atoms with Crippen molar-refractivity contribution in [2.75, 3.05) is 7.11 Å². The molecule has 2 heterocycles. The Labute approximate surface area is 184 Å². The van der Waals surface area contributed by atoms with Gasteiger partial charge in [0.15, 0.2) is 0 Å². The lowest BCUT2D eigenvalue weighted by molar-refractivity contribution is -0.140.